The van der Waals surface area contributed by atoms with Gasteiger partial charge in [0.25, 0.3) is 0 Å². The Bertz CT molecular complexity index is 422. The summed E-state index contributed by atoms with van der Waals surface area (Å²) < 4.78 is 5.03. The molecule has 21 heavy (non-hydrogen) atoms. The average Bonchev–Trinajstić information content (AvgIpc) is 2.71. The summed E-state index contributed by atoms with van der Waals surface area (Å²) in [6.07, 6.45) is -1.89. The Morgan fingerprint density at radius 2 is 1.86 bits per heavy atom. The molecule has 1 fully saturated rings. The summed E-state index contributed by atoms with van der Waals surface area (Å²) in [4.78, 5) is 34.6. The van der Waals surface area contributed by atoms with Crippen molar-refractivity contribution < 1.29 is 29.3 Å². The molecule has 120 valence electrons. The van der Waals surface area contributed by atoms with Gasteiger partial charge < -0.3 is 25.2 Å². The van der Waals surface area contributed by atoms with E-state index in [-0.39, 0.29) is 19.7 Å². The number of carbonyl (C=O) groups excluding carboxylic acids is 1. The topological polar surface area (TPSA) is 116 Å². The number of hydrogen-bond acceptors (Lipinski definition) is 4. The third-order valence-electron chi connectivity index (χ3n) is 3.30. The lowest BCUT2D eigenvalue weighted by atomic mass is 10.0. The molecule has 0 saturated carbocycles. The zero-order valence-corrected chi connectivity index (χ0v) is 13.5. The summed E-state index contributed by atoms with van der Waals surface area (Å²) in [5.41, 5.74) is 0. The molecule has 1 aliphatic rings. The van der Waals surface area contributed by atoms with E-state index < -0.39 is 38.2 Å². The van der Waals surface area contributed by atoms with Crippen LogP contribution in [0.15, 0.2) is 0 Å². The second-order valence-electron chi connectivity index (χ2n) is 6.33. The molecule has 1 saturated heterocycles. The van der Waals surface area contributed by atoms with Gasteiger partial charge in [0.1, 0.15) is 0 Å². The van der Waals surface area contributed by atoms with Crippen molar-refractivity contribution in [2.75, 3.05) is 19.7 Å². The molecule has 1 heterocycles. The van der Waals surface area contributed by atoms with E-state index >= 15 is 0 Å². The van der Waals surface area contributed by atoms with Crippen molar-refractivity contribution in [2.45, 2.75) is 31.7 Å². The first-order valence-electron chi connectivity index (χ1n) is 6.74. The number of carbonyl (C=O) groups is 3. The molecule has 0 unspecified atom stereocenters. The molecule has 3 N–H and O–H groups in total. The average molecular weight is 318 g/mol. The molecule has 0 radical (unpaired) electrons. The van der Waals surface area contributed by atoms with Gasteiger partial charge in [0.15, 0.2) is 0 Å². The molecule has 0 aromatic heterocycles. The number of nitrogens with one attached hydrogen (secondary N) is 1. The van der Waals surface area contributed by atoms with Crippen LogP contribution in [-0.4, -0.2) is 67.1 Å². The van der Waals surface area contributed by atoms with E-state index in [1.54, 1.807) is 0 Å². The monoisotopic (exact) mass is 318 g/mol. The van der Waals surface area contributed by atoms with Gasteiger partial charge in [0.05, 0.1) is 18.6 Å². The van der Waals surface area contributed by atoms with E-state index in [0.29, 0.717) is 0 Å². The molecule has 2 amide bonds. The van der Waals surface area contributed by atoms with Crippen molar-refractivity contribution in [3.8, 4) is 0 Å². The minimum atomic E-state index is -1.31. The smallest absolute Gasteiger partial charge is 0.407 e. The maximum atomic E-state index is 11.7. The molecular weight excluding hydrogens is 296 g/mol. The molecule has 0 aromatic rings. The summed E-state index contributed by atoms with van der Waals surface area (Å²) >= 11 is 0. The summed E-state index contributed by atoms with van der Waals surface area (Å²) in [6, 6.07) is 0.0484. The number of ether oxygens (including phenoxy) is 1. The maximum Gasteiger partial charge on any atom is 0.407 e. The lowest BCUT2D eigenvalue weighted by Gasteiger charge is -2.18. The first kappa shape index (κ1) is 17.3. The second kappa shape index (κ2) is 6.79. The lowest BCUT2D eigenvalue weighted by Crippen LogP contribution is -2.43. The Labute approximate surface area is 124 Å². The van der Waals surface area contributed by atoms with Crippen LogP contribution in [0, 0.1) is 5.92 Å². The number of nitrogens with zero attached hydrogens (tertiary/aromatic N) is 1. The number of alkyl carbamates (subject to hydrolysis) is 1. The Balaban J connectivity index is 2.49. The van der Waals surface area contributed by atoms with E-state index in [4.69, 9.17) is 14.9 Å². The Hall–Kier alpha value is -1.77. The zero-order valence-electron chi connectivity index (χ0n) is 12.5. The summed E-state index contributed by atoms with van der Waals surface area (Å²) in [6.45, 7) is 6.55. The highest BCUT2D eigenvalue weighted by Crippen LogP contribution is 2.18. The van der Waals surface area contributed by atoms with Crippen LogP contribution in [0.25, 0.3) is 0 Å². The van der Waals surface area contributed by atoms with Crippen molar-refractivity contribution in [3.05, 3.63) is 0 Å². The van der Waals surface area contributed by atoms with Gasteiger partial charge in [-0.15, -0.1) is 0 Å². The van der Waals surface area contributed by atoms with E-state index in [2.05, 4.69) is 25.0 Å². The Morgan fingerprint density at radius 1 is 1.24 bits per heavy atom. The summed E-state index contributed by atoms with van der Waals surface area (Å²) in [5, 5.41) is 20.4. The number of likely N-dealkylation sites (tertiary alicyclic amines) is 1. The number of amides is 2. The largest absolute Gasteiger partial charge is 0.481 e. The number of carboxylic acid groups (broad SMARTS) is 2. The lowest BCUT2D eigenvalue weighted by molar-refractivity contribution is -0.141. The van der Waals surface area contributed by atoms with Gasteiger partial charge in [-0.25, -0.2) is 9.59 Å². The standard InChI is InChI=1S/C12H22N2O6Si/c1-21(2,3)5-4-20-11(17)13-9-7-14(12(18)19)6-8(9)10(15)16/h8-9H,4-7H2,1-3H3,(H,13,17)(H,15,16)(H,18,19)/t8-,9-/m0/s1. The number of rotatable bonds is 5. The van der Waals surface area contributed by atoms with Crippen molar-refractivity contribution in [3.63, 3.8) is 0 Å². The Morgan fingerprint density at radius 3 is 2.33 bits per heavy atom. The third-order valence-corrected chi connectivity index (χ3v) is 5.00. The molecule has 0 spiro atoms. The van der Waals surface area contributed by atoms with Crippen LogP contribution < -0.4 is 5.32 Å². The molecule has 0 aliphatic carbocycles. The fraction of sp³-hybridized carbons (Fsp3) is 0.750. The first-order chi connectivity index (χ1) is 9.60. The van der Waals surface area contributed by atoms with Crippen molar-refractivity contribution in [1.29, 1.82) is 0 Å². The normalized spacial score (nSPS) is 22.0. The van der Waals surface area contributed by atoms with Crippen molar-refractivity contribution >= 4 is 26.2 Å². The van der Waals surface area contributed by atoms with Crippen LogP contribution in [0.5, 0.6) is 0 Å². The van der Waals surface area contributed by atoms with Crippen LogP contribution in [0.2, 0.25) is 25.7 Å². The number of hydrogen-bond donors (Lipinski definition) is 3. The minimum Gasteiger partial charge on any atom is -0.481 e. The Kier molecular flexibility index (Phi) is 5.59. The van der Waals surface area contributed by atoms with Crippen molar-refractivity contribution in [2.24, 2.45) is 5.92 Å². The van der Waals surface area contributed by atoms with Crippen LogP contribution in [0.3, 0.4) is 0 Å². The van der Waals surface area contributed by atoms with Crippen LogP contribution in [0.1, 0.15) is 0 Å². The highest BCUT2D eigenvalue weighted by Gasteiger charge is 2.40. The van der Waals surface area contributed by atoms with Crippen LogP contribution >= 0.6 is 0 Å². The van der Waals surface area contributed by atoms with Crippen LogP contribution in [0.4, 0.5) is 9.59 Å². The zero-order chi connectivity index (χ0) is 16.2. The van der Waals surface area contributed by atoms with Crippen molar-refractivity contribution in [1.82, 2.24) is 10.2 Å². The summed E-state index contributed by atoms with van der Waals surface area (Å²) in [7, 11) is -1.31. The molecule has 2 atom stereocenters. The first-order valence-corrected chi connectivity index (χ1v) is 10.4. The van der Waals surface area contributed by atoms with E-state index in [0.717, 1.165) is 10.9 Å². The molecular formula is C12H22N2O6Si. The molecule has 1 rings (SSSR count). The predicted octanol–water partition coefficient (Wildman–Crippen LogP) is 1.11. The van der Waals surface area contributed by atoms with Gasteiger partial charge in [-0.2, -0.15) is 0 Å². The van der Waals surface area contributed by atoms with Gasteiger partial charge in [-0.1, -0.05) is 19.6 Å². The molecule has 9 heteroatoms. The second-order valence-corrected chi connectivity index (χ2v) is 12.0. The molecule has 0 bridgehead atoms. The van der Waals surface area contributed by atoms with Gasteiger partial charge in [-0.3, -0.25) is 4.79 Å². The van der Waals surface area contributed by atoms with E-state index in [1.165, 1.54) is 0 Å². The molecule has 0 aromatic carbocycles. The van der Waals surface area contributed by atoms with Gasteiger partial charge in [0, 0.05) is 21.2 Å². The fourth-order valence-electron chi connectivity index (χ4n) is 2.00. The molecule has 1 aliphatic heterocycles. The van der Waals surface area contributed by atoms with Crippen LogP contribution in [-0.2, 0) is 9.53 Å². The fourth-order valence-corrected chi connectivity index (χ4v) is 2.71. The highest BCUT2D eigenvalue weighted by atomic mass is 28.3. The van der Waals surface area contributed by atoms with E-state index in [1.807, 2.05) is 0 Å². The number of aliphatic carboxylic acids is 1. The summed E-state index contributed by atoms with van der Waals surface area (Å²) in [5.74, 6) is -2.09. The maximum absolute atomic E-state index is 11.7. The predicted molar refractivity (Wildman–Crippen MR) is 77.1 cm³/mol. The SMILES string of the molecule is C[Si](C)(C)CCOC(=O)N[C@H]1CN(C(=O)O)C[C@@H]1C(=O)O. The third kappa shape index (κ3) is 5.62. The van der Waals surface area contributed by atoms with Gasteiger partial charge in [0.2, 0.25) is 0 Å². The molecule has 8 nitrogen and oxygen atoms in total. The highest BCUT2D eigenvalue weighted by molar-refractivity contribution is 6.76. The van der Waals surface area contributed by atoms with Gasteiger partial charge in [-0.05, 0) is 6.04 Å². The minimum absolute atomic E-state index is 0.0462. The van der Waals surface area contributed by atoms with Gasteiger partial charge >= 0.3 is 18.2 Å². The van der Waals surface area contributed by atoms with E-state index in [9.17, 15) is 14.4 Å². The number of carboxylic acids is 1. The quantitative estimate of drug-likeness (QED) is 0.654.